The molecule has 99 valence electrons. The van der Waals surface area contributed by atoms with Gasteiger partial charge in [-0.25, -0.2) is 0 Å². The number of ether oxygens (including phenoxy) is 1. The minimum atomic E-state index is 0.520. The highest BCUT2D eigenvalue weighted by Crippen LogP contribution is 2.33. The molecule has 0 amide bonds. The molecule has 0 saturated carbocycles. The first-order chi connectivity index (χ1) is 9.70. The maximum Gasteiger partial charge on any atom is 0.100 e. The molecule has 0 bridgehead atoms. The van der Waals surface area contributed by atoms with E-state index in [1.54, 1.807) is 0 Å². The van der Waals surface area contributed by atoms with Crippen LogP contribution in [0.1, 0.15) is 42.0 Å². The van der Waals surface area contributed by atoms with Gasteiger partial charge >= 0.3 is 0 Å². The number of hydrogen-bond donors (Lipinski definition) is 0. The van der Waals surface area contributed by atoms with Gasteiger partial charge in [0, 0.05) is 11.6 Å². The van der Waals surface area contributed by atoms with E-state index in [0.29, 0.717) is 24.7 Å². The van der Waals surface area contributed by atoms with Gasteiger partial charge in [0.05, 0.1) is 18.8 Å². The molecule has 0 spiro atoms. The average Bonchev–Trinajstić information content (AvgIpc) is 2.95. The van der Waals surface area contributed by atoms with E-state index in [-0.39, 0.29) is 0 Å². The Morgan fingerprint density at radius 2 is 1.85 bits per heavy atom. The molecule has 0 aromatic heterocycles. The number of rotatable bonds is 2. The second-order valence-corrected chi connectivity index (χ2v) is 5.42. The predicted octanol–water partition coefficient (Wildman–Crippen LogP) is 4.18. The van der Waals surface area contributed by atoms with Gasteiger partial charge in [-0.15, -0.1) is 0 Å². The van der Waals surface area contributed by atoms with Crippen LogP contribution in [0.4, 0.5) is 0 Å². The highest BCUT2D eigenvalue weighted by molar-refractivity contribution is 5.71. The molecule has 2 nitrogen and oxygen atoms in total. The van der Waals surface area contributed by atoms with E-state index >= 15 is 0 Å². The maximum atomic E-state index is 9.12. The first-order valence-electron chi connectivity index (χ1n) is 6.85. The standard InChI is InChI=1S/C18H16NO/c1-12(2)13-3-5-14(6-4-13)16-8-7-15(9-19)17-10-20-11-18(16)17/h3-6,8,12H,10-11H2,1-2H3. The fourth-order valence-electron chi connectivity index (χ4n) is 2.62. The summed E-state index contributed by atoms with van der Waals surface area (Å²) in [5.74, 6) is 0.533. The molecule has 0 fully saturated rings. The van der Waals surface area contributed by atoms with Crippen LogP contribution in [-0.4, -0.2) is 0 Å². The molecule has 3 rings (SSSR count). The first-order valence-corrected chi connectivity index (χ1v) is 6.85. The van der Waals surface area contributed by atoms with Crippen LogP contribution in [0.5, 0.6) is 0 Å². The van der Waals surface area contributed by atoms with Crippen LogP contribution < -0.4 is 0 Å². The molecule has 1 aliphatic heterocycles. The van der Waals surface area contributed by atoms with Gasteiger partial charge in [0.1, 0.15) is 6.07 Å². The van der Waals surface area contributed by atoms with Crippen molar-refractivity contribution in [2.45, 2.75) is 33.0 Å². The van der Waals surface area contributed by atoms with Crippen molar-refractivity contribution in [3.8, 4) is 17.2 Å². The Labute approximate surface area is 119 Å². The summed E-state index contributed by atoms with van der Waals surface area (Å²) in [6.07, 6.45) is 0. The average molecular weight is 262 g/mol. The van der Waals surface area contributed by atoms with Crippen LogP contribution in [0.2, 0.25) is 0 Å². The van der Waals surface area contributed by atoms with Gasteiger partial charge in [-0.1, -0.05) is 38.1 Å². The highest BCUT2D eigenvalue weighted by atomic mass is 16.5. The third kappa shape index (κ3) is 2.11. The minimum absolute atomic E-state index is 0.520. The van der Waals surface area contributed by atoms with E-state index in [1.807, 2.05) is 6.07 Å². The molecule has 0 N–H and O–H groups in total. The van der Waals surface area contributed by atoms with E-state index in [0.717, 1.165) is 22.3 Å². The summed E-state index contributed by atoms with van der Waals surface area (Å²) in [5, 5.41) is 9.12. The van der Waals surface area contributed by atoms with Crippen LogP contribution in [0, 0.1) is 17.4 Å². The quantitative estimate of drug-likeness (QED) is 0.813. The molecule has 0 aliphatic carbocycles. The predicted molar refractivity (Wildman–Crippen MR) is 78.0 cm³/mol. The summed E-state index contributed by atoms with van der Waals surface area (Å²) < 4.78 is 5.51. The zero-order valence-corrected chi connectivity index (χ0v) is 11.7. The van der Waals surface area contributed by atoms with E-state index < -0.39 is 0 Å². The lowest BCUT2D eigenvalue weighted by Gasteiger charge is -2.10. The molecule has 2 aromatic carbocycles. The van der Waals surface area contributed by atoms with Gasteiger partial charge in [0.15, 0.2) is 0 Å². The van der Waals surface area contributed by atoms with Gasteiger partial charge in [0.2, 0.25) is 0 Å². The molecule has 20 heavy (non-hydrogen) atoms. The zero-order valence-electron chi connectivity index (χ0n) is 11.7. The fraction of sp³-hybridized carbons (Fsp3) is 0.278. The van der Waals surface area contributed by atoms with E-state index in [9.17, 15) is 0 Å². The Morgan fingerprint density at radius 3 is 2.50 bits per heavy atom. The lowest BCUT2D eigenvalue weighted by atomic mass is 9.92. The van der Waals surface area contributed by atoms with Gasteiger partial charge in [0.25, 0.3) is 0 Å². The molecule has 0 unspecified atom stereocenters. The summed E-state index contributed by atoms with van der Waals surface area (Å²) in [6, 6.07) is 15.8. The topological polar surface area (TPSA) is 33.0 Å². The van der Waals surface area contributed by atoms with Crippen LogP contribution >= 0.6 is 0 Å². The largest absolute Gasteiger partial charge is 0.372 e. The molecule has 1 heterocycles. The van der Waals surface area contributed by atoms with Crippen molar-refractivity contribution >= 4 is 0 Å². The summed E-state index contributed by atoms with van der Waals surface area (Å²) >= 11 is 0. The highest BCUT2D eigenvalue weighted by Gasteiger charge is 2.20. The van der Waals surface area contributed by atoms with Gasteiger partial charge in [-0.05, 0) is 34.2 Å². The maximum absolute atomic E-state index is 9.12. The molecule has 0 saturated heterocycles. The normalized spacial score (nSPS) is 13.3. The molecular weight excluding hydrogens is 246 g/mol. The second kappa shape index (κ2) is 5.11. The summed E-state index contributed by atoms with van der Waals surface area (Å²) in [7, 11) is 0. The Morgan fingerprint density at radius 1 is 1.15 bits per heavy atom. The van der Waals surface area contributed by atoms with Crippen molar-refractivity contribution in [2.24, 2.45) is 0 Å². The summed E-state index contributed by atoms with van der Waals surface area (Å²) in [6.45, 7) is 5.48. The van der Waals surface area contributed by atoms with Crippen molar-refractivity contribution in [3.05, 3.63) is 58.7 Å². The third-order valence-corrected chi connectivity index (χ3v) is 3.84. The summed E-state index contributed by atoms with van der Waals surface area (Å²) in [4.78, 5) is 0. The smallest absolute Gasteiger partial charge is 0.100 e. The molecule has 2 heteroatoms. The number of hydrogen-bond acceptors (Lipinski definition) is 2. The number of benzene rings is 2. The van der Waals surface area contributed by atoms with Crippen LogP contribution in [0.25, 0.3) is 11.1 Å². The molecule has 1 radical (unpaired) electrons. The Balaban J connectivity index is 2.07. The van der Waals surface area contributed by atoms with Crippen molar-refractivity contribution in [1.82, 2.24) is 0 Å². The van der Waals surface area contributed by atoms with Gasteiger partial charge < -0.3 is 4.74 Å². The van der Waals surface area contributed by atoms with Crippen LogP contribution in [-0.2, 0) is 18.0 Å². The van der Waals surface area contributed by atoms with E-state index in [4.69, 9.17) is 10.00 Å². The molecule has 0 atom stereocenters. The Bertz CT molecular complexity index is 678. The van der Waals surface area contributed by atoms with Crippen molar-refractivity contribution in [2.75, 3.05) is 0 Å². The number of nitrogens with zero attached hydrogens (tertiary/aromatic N) is 1. The van der Waals surface area contributed by atoms with E-state index in [1.165, 1.54) is 5.56 Å². The number of nitriles is 1. The lowest BCUT2D eigenvalue weighted by molar-refractivity contribution is 0.134. The third-order valence-electron chi connectivity index (χ3n) is 3.84. The molecule has 2 aromatic rings. The number of fused-ring (bicyclic) bond motifs is 1. The molecular formula is C18H16NO. The minimum Gasteiger partial charge on any atom is -0.372 e. The lowest BCUT2D eigenvalue weighted by Crippen LogP contribution is -1.94. The van der Waals surface area contributed by atoms with Crippen LogP contribution in [0.15, 0.2) is 30.3 Å². The summed E-state index contributed by atoms with van der Waals surface area (Å²) in [5.41, 5.74) is 6.37. The first kappa shape index (κ1) is 12.9. The second-order valence-electron chi connectivity index (χ2n) is 5.42. The van der Waals surface area contributed by atoms with E-state index in [2.05, 4.69) is 50.2 Å². The fourth-order valence-corrected chi connectivity index (χ4v) is 2.62. The Kier molecular flexibility index (Phi) is 3.30. The zero-order chi connectivity index (χ0) is 14.1. The van der Waals surface area contributed by atoms with Crippen molar-refractivity contribution in [1.29, 1.82) is 5.26 Å². The monoisotopic (exact) mass is 262 g/mol. The Hall–Kier alpha value is -2.11. The van der Waals surface area contributed by atoms with Crippen molar-refractivity contribution in [3.63, 3.8) is 0 Å². The van der Waals surface area contributed by atoms with Crippen molar-refractivity contribution < 1.29 is 4.74 Å². The van der Waals surface area contributed by atoms with Gasteiger partial charge in [-0.3, -0.25) is 0 Å². The van der Waals surface area contributed by atoms with Crippen LogP contribution in [0.3, 0.4) is 0 Å². The SMILES string of the molecule is CC(C)c1ccc(-c2c[c]c(C#N)c3c2COC3)cc1. The van der Waals surface area contributed by atoms with Gasteiger partial charge in [-0.2, -0.15) is 5.26 Å². The molecule has 1 aliphatic rings.